The SMILES string of the molecule is CC(C)NCCCC(C)Oc1ccc(Br)cc1F. The summed E-state index contributed by atoms with van der Waals surface area (Å²) < 4.78 is 19.8. The van der Waals surface area contributed by atoms with Crippen molar-refractivity contribution >= 4 is 15.9 Å². The summed E-state index contributed by atoms with van der Waals surface area (Å²) in [5, 5.41) is 3.35. The van der Waals surface area contributed by atoms with Gasteiger partial charge in [-0.3, -0.25) is 0 Å². The highest BCUT2D eigenvalue weighted by Gasteiger charge is 2.08. The standard InChI is InChI=1S/C14H21BrFNO/c1-10(2)17-8-4-5-11(3)18-14-7-6-12(15)9-13(14)16/h6-7,9-11,17H,4-5,8H2,1-3H3. The topological polar surface area (TPSA) is 21.3 Å². The minimum atomic E-state index is -0.323. The van der Waals surface area contributed by atoms with Crippen molar-refractivity contribution in [3.8, 4) is 5.75 Å². The maximum atomic E-state index is 13.5. The lowest BCUT2D eigenvalue weighted by Gasteiger charge is -2.16. The smallest absolute Gasteiger partial charge is 0.166 e. The molecule has 0 heterocycles. The molecule has 0 radical (unpaired) electrons. The van der Waals surface area contributed by atoms with E-state index in [-0.39, 0.29) is 11.9 Å². The lowest BCUT2D eigenvalue weighted by atomic mass is 10.2. The Labute approximate surface area is 117 Å². The second-order valence-corrected chi connectivity index (χ2v) is 5.67. The van der Waals surface area contributed by atoms with E-state index in [1.165, 1.54) is 6.07 Å². The molecule has 2 nitrogen and oxygen atoms in total. The van der Waals surface area contributed by atoms with E-state index in [0.29, 0.717) is 11.8 Å². The first kappa shape index (κ1) is 15.4. The van der Waals surface area contributed by atoms with Crippen molar-refractivity contribution < 1.29 is 9.13 Å². The molecule has 1 N–H and O–H groups in total. The minimum Gasteiger partial charge on any atom is -0.488 e. The van der Waals surface area contributed by atoms with Gasteiger partial charge in [0.05, 0.1) is 6.10 Å². The zero-order valence-corrected chi connectivity index (χ0v) is 12.8. The molecule has 4 heteroatoms. The Hall–Kier alpha value is -0.610. The molecule has 0 bridgehead atoms. The summed E-state index contributed by atoms with van der Waals surface area (Å²) in [5.74, 6) is -0.000880. The van der Waals surface area contributed by atoms with Crippen molar-refractivity contribution in [2.75, 3.05) is 6.54 Å². The fraction of sp³-hybridized carbons (Fsp3) is 0.571. The highest BCUT2D eigenvalue weighted by Crippen LogP contribution is 2.23. The van der Waals surface area contributed by atoms with Crippen molar-refractivity contribution in [3.05, 3.63) is 28.5 Å². The lowest BCUT2D eigenvalue weighted by molar-refractivity contribution is 0.198. The molecule has 18 heavy (non-hydrogen) atoms. The normalized spacial score (nSPS) is 12.8. The molecule has 1 aromatic carbocycles. The Morgan fingerprint density at radius 2 is 2.06 bits per heavy atom. The van der Waals surface area contributed by atoms with Crippen molar-refractivity contribution in [1.82, 2.24) is 5.32 Å². The van der Waals surface area contributed by atoms with Crippen LogP contribution in [-0.2, 0) is 0 Å². The van der Waals surface area contributed by atoms with Gasteiger partial charge in [-0.1, -0.05) is 29.8 Å². The van der Waals surface area contributed by atoms with Crippen LogP contribution in [0, 0.1) is 5.82 Å². The Kier molecular flexibility index (Phi) is 6.65. The number of ether oxygens (including phenoxy) is 1. The molecule has 0 aliphatic carbocycles. The number of rotatable bonds is 7. The molecule has 0 spiro atoms. The first-order valence-corrected chi connectivity index (χ1v) is 7.13. The molecule has 0 amide bonds. The van der Waals surface area contributed by atoms with E-state index in [4.69, 9.17) is 4.74 Å². The first-order valence-electron chi connectivity index (χ1n) is 6.34. The molecule has 0 saturated heterocycles. The van der Waals surface area contributed by atoms with Gasteiger partial charge in [0.25, 0.3) is 0 Å². The molecule has 102 valence electrons. The Morgan fingerprint density at radius 3 is 2.67 bits per heavy atom. The van der Waals surface area contributed by atoms with Gasteiger partial charge in [0.2, 0.25) is 0 Å². The number of nitrogens with one attached hydrogen (secondary N) is 1. The molecule has 1 unspecified atom stereocenters. The van der Waals surface area contributed by atoms with E-state index in [1.54, 1.807) is 12.1 Å². The summed E-state index contributed by atoms with van der Waals surface area (Å²) in [5.41, 5.74) is 0. The molecular weight excluding hydrogens is 297 g/mol. The third kappa shape index (κ3) is 5.83. The van der Waals surface area contributed by atoms with Crippen molar-refractivity contribution in [2.45, 2.75) is 45.8 Å². The fourth-order valence-electron chi connectivity index (χ4n) is 1.63. The fourth-order valence-corrected chi connectivity index (χ4v) is 1.96. The first-order chi connectivity index (χ1) is 8.49. The van der Waals surface area contributed by atoms with Crippen LogP contribution < -0.4 is 10.1 Å². The van der Waals surface area contributed by atoms with E-state index in [9.17, 15) is 4.39 Å². The maximum Gasteiger partial charge on any atom is 0.166 e. The van der Waals surface area contributed by atoms with Crippen LogP contribution in [0.25, 0.3) is 0 Å². The van der Waals surface area contributed by atoms with Crippen LogP contribution in [0.15, 0.2) is 22.7 Å². The monoisotopic (exact) mass is 317 g/mol. The van der Waals surface area contributed by atoms with Gasteiger partial charge in [0.1, 0.15) is 0 Å². The van der Waals surface area contributed by atoms with Gasteiger partial charge in [0, 0.05) is 10.5 Å². The third-order valence-electron chi connectivity index (χ3n) is 2.56. The number of hydrogen-bond acceptors (Lipinski definition) is 2. The minimum absolute atomic E-state index is 0.0228. The number of hydrogen-bond donors (Lipinski definition) is 1. The summed E-state index contributed by atoms with van der Waals surface area (Å²) >= 11 is 3.22. The Bertz CT molecular complexity index is 371. The van der Waals surface area contributed by atoms with Crippen LogP contribution in [-0.4, -0.2) is 18.7 Å². The van der Waals surface area contributed by atoms with Crippen LogP contribution in [0.5, 0.6) is 5.75 Å². The summed E-state index contributed by atoms with van der Waals surface area (Å²) in [6.07, 6.45) is 1.96. The van der Waals surface area contributed by atoms with Crippen LogP contribution >= 0.6 is 15.9 Å². The van der Waals surface area contributed by atoms with Gasteiger partial charge in [-0.2, -0.15) is 0 Å². The molecule has 0 aromatic heterocycles. The Balaban J connectivity index is 2.33. The Morgan fingerprint density at radius 1 is 1.33 bits per heavy atom. The molecule has 0 aliphatic rings. The van der Waals surface area contributed by atoms with Crippen LogP contribution in [0.1, 0.15) is 33.6 Å². The van der Waals surface area contributed by atoms with Gasteiger partial charge >= 0.3 is 0 Å². The molecule has 1 aromatic rings. The zero-order chi connectivity index (χ0) is 13.5. The lowest BCUT2D eigenvalue weighted by Crippen LogP contribution is -2.25. The average Bonchev–Trinajstić information content (AvgIpc) is 2.28. The van der Waals surface area contributed by atoms with Gasteiger partial charge in [-0.15, -0.1) is 0 Å². The second kappa shape index (κ2) is 7.74. The molecule has 1 rings (SSSR count). The van der Waals surface area contributed by atoms with Gasteiger partial charge in [0.15, 0.2) is 11.6 Å². The van der Waals surface area contributed by atoms with E-state index in [1.807, 2.05) is 6.92 Å². The molecule has 0 aliphatic heterocycles. The summed E-state index contributed by atoms with van der Waals surface area (Å²) in [7, 11) is 0. The molecule has 1 atom stereocenters. The van der Waals surface area contributed by atoms with Crippen LogP contribution in [0.3, 0.4) is 0 Å². The van der Waals surface area contributed by atoms with Crippen LogP contribution in [0.2, 0.25) is 0 Å². The second-order valence-electron chi connectivity index (χ2n) is 4.75. The molecular formula is C14H21BrFNO. The van der Waals surface area contributed by atoms with Crippen molar-refractivity contribution in [3.63, 3.8) is 0 Å². The highest BCUT2D eigenvalue weighted by molar-refractivity contribution is 9.10. The van der Waals surface area contributed by atoms with Gasteiger partial charge in [-0.05, 0) is 44.5 Å². The summed E-state index contributed by atoms with van der Waals surface area (Å²) in [4.78, 5) is 0. The van der Waals surface area contributed by atoms with Gasteiger partial charge in [-0.25, -0.2) is 4.39 Å². The number of benzene rings is 1. The summed E-state index contributed by atoms with van der Waals surface area (Å²) in [6.45, 7) is 7.18. The molecule has 0 saturated carbocycles. The third-order valence-corrected chi connectivity index (χ3v) is 3.06. The predicted molar refractivity (Wildman–Crippen MR) is 76.6 cm³/mol. The van der Waals surface area contributed by atoms with Gasteiger partial charge < -0.3 is 10.1 Å². The van der Waals surface area contributed by atoms with E-state index < -0.39 is 0 Å². The number of halogens is 2. The van der Waals surface area contributed by atoms with Crippen molar-refractivity contribution in [2.24, 2.45) is 0 Å². The van der Waals surface area contributed by atoms with Crippen LogP contribution in [0.4, 0.5) is 4.39 Å². The van der Waals surface area contributed by atoms with E-state index >= 15 is 0 Å². The zero-order valence-electron chi connectivity index (χ0n) is 11.2. The van der Waals surface area contributed by atoms with E-state index in [0.717, 1.165) is 23.9 Å². The highest BCUT2D eigenvalue weighted by atomic mass is 79.9. The predicted octanol–water partition coefficient (Wildman–Crippen LogP) is 4.13. The maximum absolute atomic E-state index is 13.5. The van der Waals surface area contributed by atoms with Crippen molar-refractivity contribution in [1.29, 1.82) is 0 Å². The largest absolute Gasteiger partial charge is 0.488 e. The van der Waals surface area contributed by atoms with E-state index in [2.05, 4.69) is 35.1 Å². The summed E-state index contributed by atoms with van der Waals surface area (Å²) in [6, 6.07) is 5.36. The average molecular weight is 318 g/mol. The molecule has 0 fully saturated rings. The quantitative estimate of drug-likeness (QED) is 0.763.